The van der Waals surface area contributed by atoms with Gasteiger partial charge in [-0.05, 0) is 31.0 Å². The fourth-order valence-electron chi connectivity index (χ4n) is 2.30. The molecule has 1 unspecified atom stereocenters. The third-order valence-electron chi connectivity index (χ3n) is 3.88. The summed E-state index contributed by atoms with van der Waals surface area (Å²) < 4.78 is 11.4. The summed E-state index contributed by atoms with van der Waals surface area (Å²) in [6.45, 7) is 4.45. The largest absolute Gasteiger partial charge is 0.493 e. The number of hydrogen-bond acceptors (Lipinski definition) is 4. The summed E-state index contributed by atoms with van der Waals surface area (Å²) >= 11 is 0. The molecule has 0 saturated carbocycles. The Morgan fingerprint density at radius 1 is 1.17 bits per heavy atom. The Morgan fingerprint density at radius 2 is 1.88 bits per heavy atom. The predicted octanol–water partition coefficient (Wildman–Crippen LogP) is 3.15. The molecule has 1 atom stereocenters. The molecule has 0 saturated heterocycles. The highest BCUT2D eigenvalue weighted by molar-refractivity contribution is 5.72. The second-order valence-corrected chi connectivity index (χ2v) is 5.60. The second-order valence-electron chi connectivity index (χ2n) is 5.60. The van der Waals surface area contributed by atoms with Crippen molar-refractivity contribution in [1.82, 2.24) is 5.32 Å². The average molecular weight is 329 g/mol. The van der Waals surface area contributed by atoms with Gasteiger partial charge < -0.3 is 19.9 Å². The Balaban J connectivity index is 2.17. The zero-order valence-electron chi connectivity index (χ0n) is 14.2. The SMILES string of the molecule is COc1cccc(CNC(C)C(=O)O)c1OCc1ccccc1C. The number of para-hydroxylation sites is 1. The molecule has 5 nitrogen and oxygen atoms in total. The number of nitrogens with one attached hydrogen (secondary N) is 1. The molecule has 128 valence electrons. The number of benzene rings is 2. The minimum Gasteiger partial charge on any atom is -0.493 e. The molecule has 0 fully saturated rings. The number of carboxylic acid groups (broad SMARTS) is 1. The zero-order valence-corrected chi connectivity index (χ0v) is 14.2. The molecule has 0 aliphatic heterocycles. The van der Waals surface area contributed by atoms with Crippen LogP contribution in [0.4, 0.5) is 0 Å². The van der Waals surface area contributed by atoms with Crippen molar-refractivity contribution in [3.63, 3.8) is 0 Å². The fourth-order valence-corrected chi connectivity index (χ4v) is 2.30. The molecule has 2 aromatic rings. The van der Waals surface area contributed by atoms with E-state index in [1.807, 2.05) is 49.4 Å². The normalized spacial score (nSPS) is 11.8. The molecule has 2 rings (SSSR count). The van der Waals surface area contributed by atoms with Crippen molar-refractivity contribution < 1.29 is 19.4 Å². The van der Waals surface area contributed by atoms with Crippen LogP contribution in [0.25, 0.3) is 0 Å². The quantitative estimate of drug-likeness (QED) is 0.779. The highest BCUT2D eigenvalue weighted by Gasteiger charge is 2.14. The summed E-state index contributed by atoms with van der Waals surface area (Å²) in [7, 11) is 1.59. The van der Waals surface area contributed by atoms with Crippen LogP contribution in [0.1, 0.15) is 23.6 Å². The number of aliphatic carboxylic acids is 1. The van der Waals surface area contributed by atoms with Gasteiger partial charge in [0.15, 0.2) is 11.5 Å². The molecule has 0 aromatic heterocycles. The lowest BCUT2D eigenvalue weighted by Gasteiger charge is -2.17. The summed E-state index contributed by atoms with van der Waals surface area (Å²) in [5.41, 5.74) is 3.11. The Kier molecular flexibility index (Phi) is 6.21. The van der Waals surface area contributed by atoms with Crippen LogP contribution >= 0.6 is 0 Å². The van der Waals surface area contributed by atoms with Gasteiger partial charge in [0, 0.05) is 12.1 Å². The summed E-state index contributed by atoms with van der Waals surface area (Å²) in [6, 6.07) is 13.0. The maximum atomic E-state index is 11.0. The Labute approximate surface area is 142 Å². The van der Waals surface area contributed by atoms with Gasteiger partial charge in [-0.25, -0.2) is 0 Å². The second kappa shape index (κ2) is 8.36. The minimum absolute atomic E-state index is 0.383. The molecule has 0 radical (unpaired) electrons. The third-order valence-corrected chi connectivity index (χ3v) is 3.88. The van der Waals surface area contributed by atoms with Crippen molar-refractivity contribution in [2.75, 3.05) is 7.11 Å². The van der Waals surface area contributed by atoms with Crippen LogP contribution in [-0.2, 0) is 17.9 Å². The third kappa shape index (κ3) is 4.49. The predicted molar refractivity (Wildman–Crippen MR) is 92.4 cm³/mol. The van der Waals surface area contributed by atoms with Gasteiger partial charge in [0.2, 0.25) is 0 Å². The van der Waals surface area contributed by atoms with E-state index in [4.69, 9.17) is 14.6 Å². The molecule has 0 bridgehead atoms. The van der Waals surface area contributed by atoms with Gasteiger partial charge in [-0.1, -0.05) is 36.4 Å². The van der Waals surface area contributed by atoms with E-state index in [9.17, 15) is 4.79 Å². The van der Waals surface area contributed by atoms with E-state index in [-0.39, 0.29) is 0 Å². The van der Waals surface area contributed by atoms with Crippen molar-refractivity contribution in [1.29, 1.82) is 0 Å². The summed E-state index contributed by atoms with van der Waals surface area (Å²) in [6.07, 6.45) is 0. The molecule has 0 amide bonds. The smallest absolute Gasteiger partial charge is 0.320 e. The highest BCUT2D eigenvalue weighted by atomic mass is 16.5. The lowest BCUT2D eigenvalue weighted by molar-refractivity contribution is -0.139. The van der Waals surface area contributed by atoms with E-state index in [0.29, 0.717) is 24.7 Å². The number of hydrogen-bond donors (Lipinski definition) is 2. The first kappa shape index (κ1) is 17.8. The van der Waals surface area contributed by atoms with Gasteiger partial charge in [0.05, 0.1) is 7.11 Å². The van der Waals surface area contributed by atoms with Gasteiger partial charge in [-0.2, -0.15) is 0 Å². The van der Waals surface area contributed by atoms with E-state index in [1.165, 1.54) is 0 Å². The van der Waals surface area contributed by atoms with Crippen LogP contribution in [0, 0.1) is 6.92 Å². The summed E-state index contributed by atoms with van der Waals surface area (Å²) in [5, 5.41) is 12.0. The van der Waals surface area contributed by atoms with Crippen molar-refractivity contribution >= 4 is 5.97 Å². The summed E-state index contributed by atoms with van der Waals surface area (Å²) in [5.74, 6) is 0.375. The van der Waals surface area contributed by atoms with Crippen molar-refractivity contribution in [3.8, 4) is 11.5 Å². The van der Waals surface area contributed by atoms with Crippen LogP contribution < -0.4 is 14.8 Å². The average Bonchev–Trinajstić information content (AvgIpc) is 2.58. The molecular weight excluding hydrogens is 306 g/mol. The minimum atomic E-state index is -0.889. The molecular formula is C19H23NO4. The van der Waals surface area contributed by atoms with E-state index < -0.39 is 12.0 Å². The molecule has 0 aliphatic rings. The zero-order chi connectivity index (χ0) is 17.5. The molecule has 5 heteroatoms. The lowest BCUT2D eigenvalue weighted by atomic mass is 10.1. The number of methoxy groups -OCH3 is 1. The number of rotatable bonds is 8. The number of ether oxygens (including phenoxy) is 2. The lowest BCUT2D eigenvalue weighted by Crippen LogP contribution is -2.33. The molecule has 2 N–H and O–H groups in total. The molecule has 0 aliphatic carbocycles. The number of carboxylic acids is 1. The number of carbonyl (C=O) groups is 1. The molecule has 0 spiro atoms. The Bertz CT molecular complexity index is 700. The topological polar surface area (TPSA) is 67.8 Å². The Hall–Kier alpha value is -2.53. The Morgan fingerprint density at radius 3 is 2.54 bits per heavy atom. The maximum Gasteiger partial charge on any atom is 0.320 e. The summed E-state index contributed by atoms with van der Waals surface area (Å²) in [4.78, 5) is 11.0. The van der Waals surface area contributed by atoms with Gasteiger partial charge in [0.1, 0.15) is 12.6 Å². The first-order valence-electron chi connectivity index (χ1n) is 7.82. The van der Waals surface area contributed by atoms with Crippen molar-refractivity contribution in [2.24, 2.45) is 0 Å². The van der Waals surface area contributed by atoms with E-state index in [2.05, 4.69) is 5.32 Å². The fraction of sp³-hybridized carbons (Fsp3) is 0.316. The highest BCUT2D eigenvalue weighted by Crippen LogP contribution is 2.32. The van der Waals surface area contributed by atoms with Crippen LogP contribution in [-0.4, -0.2) is 24.2 Å². The van der Waals surface area contributed by atoms with E-state index in [0.717, 1.165) is 16.7 Å². The van der Waals surface area contributed by atoms with Gasteiger partial charge in [0.25, 0.3) is 0 Å². The first-order valence-corrected chi connectivity index (χ1v) is 7.82. The number of aryl methyl sites for hydroxylation is 1. The van der Waals surface area contributed by atoms with Crippen LogP contribution in [0.15, 0.2) is 42.5 Å². The van der Waals surface area contributed by atoms with E-state index >= 15 is 0 Å². The maximum absolute atomic E-state index is 11.0. The van der Waals surface area contributed by atoms with Gasteiger partial charge in [-0.15, -0.1) is 0 Å². The van der Waals surface area contributed by atoms with Gasteiger partial charge >= 0.3 is 5.97 Å². The van der Waals surface area contributed by atoms with E-state index in [1.54, 1.807) is 14.0 Å². The van der Waals surface area contributed by atoms with Crippen LogP contribution in [0.5, 0.6) is 11.5 Å². The molecule has 2 aromatic carbocycles. The van der Waals surface area contributed by atoms with Gasteiger partial charge in [-0.3, -0.25) is 4.79 Å². The van der Waals surface area contributed by atoms with Crippen molar-refractivity contribution in [3.05, 3.63) is 59.2 Å². The first-order chi connectivity index (χ1) is 11.5. The molecule has 0 heterocycles. The monoisotopic (exact) mass is 329 g/mol. The van der Waals surface area contributed by atoms with Crippen molar-refractivity contribution in [2.45, 2.75) is 33.0 Å². The van der Waals surface area contributed by atoms with Crippen LogP contribution in [0.2, 0.25) is 0 Å². The standard InChI is InChI=1S/C19H23NO4/c1-13-7-4-5-8-16(13)12-24-18-15(9-6-10-17(18)23-3)11-20-14(2)19(21)22/h4-10,14,20H,11-12H2,1-3H3,(H,21,22). The molecule has 24 heavy (non-hydrogen) atoms. The van der Waals surface area contributed by atoms with Crippen LogP contribution in [0.3, 0.4) is 0 Å².